The molecular weight excluding hydrogens is 250 g/mol. The quantitative estimate of drug-likeness (QED) is 0.852. The summed E-state index contributed by atoms with van der Waals surface area (Å²) in [6.07, 6.45) is -3.28. The lowest BCUT2D eigenvalue weighted by atomic mass is 10.2. The van der Waals surface area contributed by atoms with E-state index in [4.69, 9.17) is 16.3 Å². The number of halogens is 3. The van der Waals surface area contributed by atoms with Crippen molar-refractivity contribution in [3.63, 3.8) is 0 Å². The minimum Gasteiger partial charge on any atom is -0.390 e. The van der Waals surface area contributed by atoms with E-state index in [1.54, 1.807) is 0 Å². The zero-order chi connectivity index (χ0) is 12.7. The Morgan fingerprint density at radius 3 is 2.53 bits per heavy atom. The van der Waals surface area contributed by atoms with Gasteiger partial charge in [0, 0.05) is 6.42 Å². The molecule has 1 N–H and O–H groups in total. The van der Waals surface area contributed by atoms with Gasteiger partial charge in [0.2, 0.25) is 0 Å². The maximum atomic E-state index is 12.0. The van der Waals surface area contributed by atoms with Gasteiger partial charge in [-0.2, -0.15) is 8.78 Å². The number of hydrogen-bond acceptors (Lipinski definition) is 2. The van der Waals surface area contributed by atoms with Crippen LogP contribution in [0.2, 0.25) is 0 Å². The van der Waals surface area contributed by atoms with Crippen LogP contribution in [-0.4, -0.2) is 17.8 Å². The molecule has 1 rings (SSSR count). The summed E-state index contributed by atoms with van der Waals surface area (Å²) in [4.78, 5) is 0. The summed E-state index contributed by atoms with van der Waals surface area (Å²) in [5.41, 5.74) is 0.956. The van der Waals surface area contributed by atoms with Crippen molar-refractivity contribution in [1.29, 1.82) is 0 Å². The Hall–Kier alpha value is -0.970. The summed E-state index contributed by atoms with van der Waals surface area (Å²) in [5.74, 6) is 0. The predicted octanol–water partition coefficient (Wildman–Crippen LogP) is 3.30. The second kappa shape index (κ2) is 7.37. The van der Waals surface area contributed by atoms with Crippen molar-refractivity contribution < 1.29 is 18.6 Å². The molecule has 0 aromatic heterocycles. The van der Waals surface area contributed by atoms with Gasteiger partial charge in [-0.05, 0) is 5.56 Å². The van der Waals surface area contributed by atoms with Crippen LogP contribution in [0.5, 0.6) is 0 Å². The van der Waals surface area contributed by atoms with E-state index in [-0.39, 0.29) is 13.0 Å². The fourth-order valence-corrected chi connectivity index (χ4v) is 1.41. The number of rotatable bonds is 6. The fourth-order valence-electron chi connectivity index (χ4n) is 1.23. The summed E-state index contributed by atoms with van der Waals surface area (Å²) in [7, 11) is 0. The zero-order valence-electron chi connectivity index (χ0n) is 9.07. The van der Waals surface area contributed by atoms with Gasteiger partial charge in [0.25, 0.3) is 6.08 Å². The topological polar surface area (TPSA) is 29.5 Å². The Balaban J connectivity index is 2.25. The van der Waals surface area contributed by atoms with Gasteiger partial charge in [0.05, 0.1) is 24.4 Å². The molecule has 0 unspecified atom stereocenters. The van der Waals surface area contributed by atoms with Gasteiger partial charge < -0.3 is 9.84 Å². The number of aliphatic hydroxyl groups excluding tert-OH is 1. The molecule has 1 aromatic carbocycles. The number of hydrogen-bond donors (Lipinski definition) is 1. The molecule has 0 saturated heterocycles. The standard InChI is InChI=1S/C12H13ClF2O2/c13-11(12(14)15)6-10(16)8-17-7-9-4-2-1-3-5-9/h1-5,10,16H,6-8H2/t10-/m1/s1. The lowest BCUT2D eigenvalue weighted by molar-refractivity contribution is 0.0291. The molecule has 0 aliphatic carbocycles. The van der Waals surface area contributed by atoms with Crippen LogP contribution in [0, 0.1) is 0 Å². The second-order valence-corrected chi connectivity index (χ2v) is 3.98. The molecule has 1 aromatic rings. The second-order valence-electron chi connectivity index (χ2n) is 3.52. The first kappa shape index (κ1) is 14.1. The molecule has 2 nitrogen and oxygen atoms in total. The lowest BCUT2D eigenvalue weighted by Crippen LogP contribution is -2.15. The number of benzene rings is 1. The summed E-state index contributed by atoms with van der Waals surface area (Å²) < 4.78 is 29.1. The van der Waals surface area contributed by atoms with E-state index in [9.17, 15) is 13.9 Å². The van der Waals surface area contributed by atoms with Crippen LogP contribution in [-0.2, 0) is 11.3 Å². The highest BCUT2D eigenvalue weighted by molar-refractivity contribution is 6.29. The molecule has 5 heteroatoms. The highest BCUT2D eigenvalue weighted by Crippen LogP contribution is 2.18. The Kier molecular flexibility index (Phi) is 6.11. The summed E-state index contributed by atoms with van der Waals surface area (Å²) in [5, 5.41) is 8.75. The first-order valence-electron chi connectivity index (χ1n) is 5.09. The normalized spacial score (nSPS) is 12.2. The van der Waals surface area contributed by atoms with Gasteiger partial charge in [-0.25, -0.2) is 0 Å². The molecular formula is C12H13ClF2O2. The molecule has 0 spiro atoms. The van der Waals surface area contributed by atoms with Crippen molar-refractivity contribution in [2.45, 2.75) is 19.1 Å². The molecule has 0 amide bonds. The maximum Gasteiger partial charge on any atom is 0.284 e. The van der Waals surface area contributed by atoms with Crippen molar-refractivity contribution in [3.8, 4) is 0 Å². The van der Waals surface area contributed by atoms with Gasteiger partial charge in [-0.15, -0.1) is 0 Å². The monoisotopic (exact) mass is 262 g/mol. The summed E-state index contributed by atoms with van der Waals surface area (Å²) in [6, 6.07) is 9.37. The SMILES string of the molecule is O[C@@H](COCc1ccccc1)CC(Cl)=C(F)F. The molecule has 1 atom stereocenters. The van der Waals surface area contributed by atoms with E-state index in [0.717, 1.165) is 5.56 Å². The van der Waals surface area contributed by atoms with Crippen molar-refractivity contribution in [2.75, 3.05) is 6.61 Å². The third-order valence-electron chi connectivity index (χ3n) is 2.04. The zero-order valence-corrected chi connectivity index (χ0v) is 9.83. The van der Waals surface area contributed by atoms with Gasteiger partial charge >= 0.3 is 0 Å². The highest BCUT2D eigenvalue weighted by atomic mass is 35.5. The van der Waals surface area contributed by atoms with Crippen LogP contribution in [0.25, 0.3) is 0 Å². The van der Waals surface area contributed by atoms with Gasteiger partial charge in [0.1, 0.15) is 0 Å². The lowest BCUT2D eigenvalue weighted by Gasteiger charge is -2.10. The Morgan fingerprint density at radius 2 is 1.94 bits per heavy atom. The number of ether oxygens (including phenoxy) is 1. The van der Waals surface area contributed by atoms with Crippen LogP contribution >= 0.6 is 11.6 Å². The van der Waals surface area contributed by atoms with Crippen molar-refractivity contribution in [2.24, 2.45) is 0 Å². The van der Waals surface area contributed by atoms with Crippen molar-refractivity contribution in [3.05, 3.63) is 47.0 Å². The summed E-state index contributed by atoms with van der Waals surface area (Å²) in [6.45, 7) is 0.301. The molecule has 0 heterocycles. The third kappa shape index (κ3) is 5.77. The Labute approximate surface area is 103 Å². The van der Waals surface area contributed by atoms with Gasteiger partial charge in [-0.1, -0.05) is 41.9 Å². The van der Waals surface area contributed by atoms with Crippen molar-refractivity contribution >= 4 is 11.6 Å². The molecule has 0 saturated carbocycles. The van der Waals surface area contributed by atoms with E-state index in [2.05, 4.69) is 0 Å². The summed E-state index contributed by atoms with van der Waals surface area (Å²) >= 11 is 5.22. The van der Waals surface area contributed by atoms with E-state index < -0.39 is 17.2 Å². The Morgan fingerprint density at radius 1 is 1.29 bits per heavy atom. The number of aliphatic hydroxyl groups is 1. The highest BCUT2D eigenvalue weighted by Gasteiger charge is 2.10. The van der Waals surface area contributed by atoms with E-state index >= 15 is 0 Å². The van der Waals surface area contributed by atoms with Crippen LogP contribution in [0.3, 0.4) is 0 Å². The third-order valence-corrected chi connectivity index (χ3v) is 2.34. The van der Waals surface area contributed by atoms with Gasteiger partial charge in [0.15, 0.2) is 0 Å². The smallest absolute Gasteiger partial charge is 0.284 e. The predicted molar refractivity (Wildman–Crippen MR) is 61.8 cm³/mol. The van der Waals surface area contributed by atoms with E-state index in [0.29, 0.717) is 6.61 Å². The van der Waals surface area contributed by atoms with Crippen LogP contribution in [0.1, 0.15) is 12.0 Å². The first-order valence-corrected chi connectivity index (χ1v) is 5.46. The molecule has 0 aliphatic rings. The maximum absolute atomic E-state index is 12.0. The molecule has 0 radical (unpaired) electrons. The molecule has 0 bridgehead atoms. The largest absolute Gasteiger partial charge is 0.390 e. The van der Waals surface area contributed by atoms with E-state index in [1.807, 2.05) is 30.3 Å². The minimum atomic E-state index is -1.96. The average Bonchev–Trinajstić information content (AvgIpc) is 2.30. The molecule has 0 fully saturated rings. The minimum absolute atomic E-state index is 0.0294. The van der Waals surface area contributed by atoms with Crippen LogP contribution in [0.15, 0.2) is 41.4 Å². The van der Waals surface area contributed by atoms with Crippen LogP contribution < -0.4 is 0 Å². The van der Waals surface area contributed by atoms with Crippen molar-refractivity contribution in [1.82, 2.24) is 0 Å². The molecule has 94 valence electrons. The van der Waals surface area contributed by atoms with Gasteiger partial charge in [-0.3, -0.25) is 0 Å². The van der Waals surface area contributed by atoms with Crippen LogP contribution in [0.4, 0.5) is 8.78 Å². The Bertz CT molecular complexity index is 364. The molecule has 0 aliphatic heterocycles. The first-order chi connectivity index (χ1) is 8.09. The molecule has 17 heavy (non-hydrogen) atoms. The fraction of sp³-hybridized carbons (Fsp3) is 0.333. The van der Waals surface area contributed by atoms with E-state index in [1.165, 1.54) is 0 Å². The average molecular weight is 263 g/mol.